The van der Waals surface area contributed by atoms with Gasteiger partial charge in [0.05, 0.1) is 11.1 Å². The second-order valence-corrected chi connectivity index (χ2v) is 8.28. The van der Waals surface area contributed by atoms with E-state index in [-0.39, 0.29) is 5.69 Å². The minimum Gasteiger partial charge on any atom is -0.341 e. The molecule has 1 aromatic carbocycles. The van der Waals surface area contributed by atoms with Crippen LogP contribution in [0.25, 0.3) is 0 Å². The maximum Gasteiger partial charge on any atom is 0.269 e. The fourth-order valence-corrected chi connectivity index (χ4v) is 4.07. The lowest BCUT2D eigenvalue weighted by molar-refractivity contribution is -0.384. The molecule has 3 heterocycles. The van der Waals surface area contributed by atoms with E-state index in [2.05, 4.69) is 30.3 Å². The van der Waals surface area contributed by atoms with Crippen LogP contribution in [0.5, 0.6) is 0 Å². The molecule has 0 bridgehead atoms. The lowest BCUT2D eigenvalue weighted by Crippen LogP contribution is -2.30. The van der Waals surface area contributed by atoms with E-state index < -0.39 is 4.92 Å². The number of hydrogen-bond donors (Lipinski definition) is 1. The zero-order valence-corrected chi connectivity index (χ0v) is 18.3. The minimum atomic E-state index is -0.418. The zero-order valence-electron chi connectivity index (χ0n) is 18.3. The maximum atomic E-state index is 10.8. The highest BCUT2D eigenvalue weighted by Gasteiger charge is 2.19. The van der Waals surface area contributed by atoms with E-state index in [0.717, 1.165) is 57.4 Å². The highest BCUT2D eigenvalue weighted by molar-refractivity contribution is 5.80. The molecule has 4 rings (SSSR count). The zero-order chi connectivity index (χ0) is 22.2. The lowest BCUT2D eigenvalue weighted by Gasteiger charge is -2.24. The first-order valence-corrected chi connectivity index (χ1v) is 11.5. The Labute approximate surface area is 187 Å². The molecule has 0 radical (unpaired) electrons. The van der Waals surface area contributed by atoms with Crippen molar-refractivity contribution in [3.63, 3.8) is 0 Å². The van der Waals surface area contributed by atoms with Gasteiger partial charge in [0.25, 0.3) is 5.69 Å². The van der Waals surface area contributed by atoms with Crippen LogP contribution >= 0.6 is 0 Å². The molecule has 10 heteroatoms. The van der Waals surface area contributed by atoms with Crippen LogP contribution in [0.4, 0.5) is 23.5 Å². The lowest BCUT2D eigenvalue weighted by atomic mass is 10.2. The van der Waals surface area contributed by atoms with E-state index in [1.807, 2.05) is 0 Å². The van der Waals surface area contributed by atoms with Gasteiger partial charge < -0.3 is 9.80 Å². The molecule has 10 nitrogen and oxygen atoms in total. The number of non-ortho nitro benzene ring substituents is 1. The summed E-state index contributed by atoms with van der Waals surface area (Å²) in [5.74, 6) is 1.82. The van der Waals surface area contributed by atoms with Gasteiger partial charge in [-0.1, -0.05) is 25.7 Å². The van der Waals surface area contributed by atoms with Crippen LogP contribution in [0.1, 0.15) is 56.9 Å². The summed E-state index contributed by atoms with van der Waals surface area (Å²) in [6.45, 7) is 3.81. The Hall–Kier alpha value is -3.30. The summed E-state index contributed by atoms with van der Waals surface area (Å²) in [6, 6.07) is 6.22. The van der Waals surface area contributed by atoms with Gasteiger partial charge in [-0.2, -0.15) is 20.1 Å². The van der Waals surface area contributed by atoms with Crippen LogP contribution in [-0.4, -0.2) is 52.3 Å². The SMILES string of the molecule is O=[N+]([O-])c1ccc(C=NNc2nc(N3CCCCCC3)nc(N3CCCCCC3)n2)cc1. The Kier molecular flexibility index (Phi) is 7.42. The molecule has 2 saturated heterocycles. The average Bonchev–Trinajstić information content (AvgIpc) is 3.25. The maximum absolute atomic E-state index is 10.8. The smallest absolute Gasteiger partial charge is 0.269 e. The van der Waals surface area contributed by atoms with Gasteiger partial charge in [0.1, 0.15) is 0 Å². The van der Waals surface area contributed by atoms with Crippen molar-refractivity contribution in [2.45, 2.75) is 51.4 Å². The summed E-state index contributed by atoms with van der Waals surface area (Å²) in [5, 5.41) is 15.1. The molecule has 0 aliphatic carbocycles. The highest BCUT2D eigenvalue weighted by Crippen LogP contribution is 2.22. The van der Waals surface area contributed by atoms with Crippen LogP contribution < -0.4 is 15.2 Å². The van der Waals surface area contributed by atoms with Crippen molar-refractivity contribution in [3.05, 3.63) is 39.9 Å². The third-order valence-corrected chi connectivity index (χ3v) is 5.87. The third kappa shape index (κ3) is 5.89. The fourth-order valence-electron chi connectivity index (χ4n) is 4.07. The van der Waals surface area contributed by atoms with Crippen LogP contribution in [0.2, 0.25) is 0 Å². The van der Waals surface area contributed by atoms with Crippen molar-refractivity contribution in [1.29, 1.82) is 0 Å². The number of rotatable bonds is 6. The summed E-state index contributed by atoms with van der Waals surface area (Å²) in [7, 11) is 0. The predicted octanol–water partition coefficient (Wildman–Crippen LogP) is 3.99. The third-order valence-electron chi connectivity index (χ3n) is 5.87. The van der Waals surface area contributed by atoms with E-state index in [9.17, 15) is 10.1 Å². The number of hydrogen-bond acceptors (Lipinski definition) is 9. The molecule has 2 fully saturated rings. The second kappa shape index (κ2) is 10.8. The number of nitro benzene ring substituents is 1. The molecular weight excluding hydrogens is 408 g/mol. The Morgan fingerprint density at radius 2 is 1.31 bits per heavy atom. The molecule has 0 spiro atoms. The first-order valence-electron chi connectivity index (χ1n) is 11.5. The van der Waals surface area contributed by atoms with Gasteiger partial charge in [0, 0.05) is 38.3 Å². The van der Waals surface area contributed by atoms with Crippen LogP contribution in [0, 0.1) is 10.1 Å². The number of anilines is 3. The molecule has 0 atom stereocenters. The van der Waals surface area contributed by atoms with E-state index >= 15 is 0 Å². The van der Waals surface area contributed by atoms with E-state index in [1.54, 1.807) is 18.3 Å². The normalized spacial score (nSPS) is 17.8. The highest BCUT2D eigenvalue weighted by atomic mass is 16.6. The summed E-state index contributed by atoms with van der Waals surface area (Å²) in [4.78, 5) is 29.0. The van der Waals surface area contributed by atoms with Crippen molar-refractivity contribution in [1.82, 2.24) is 15.0 Å². The standard InChI is InChI=1S/C22H30N8O2/c31-30(32)19-11-9-18(10-12-19)17-23-27-20-24-21(28-13-5-1-2-6-14-28)26-22(25-20)29-15-7-3-4-8-16-29/h9-12,17H,1-8,13-16H2,(H,24,25,26,27). The molecule has 1 N–H and O–H groups in total. The quantitative estimate of drug-likeness (QED) is 0.409. The molecular formula is C22H30N8O2. The van der Waals surface area contributed by atoms with Gasteiger partial charge in [-0.15, -0.1) is 0 Å². The van der Waals surface area contributed by atoms with Crippen molar-refractivity contribution >= 4 is 29.7 Å². The Balaban J connectivity index is 1.54. The van der Waals surface area contributed by atoms with Gasteiger partial charge in [-0.25, -0.2) is 5.43 Å². The van der Waals surface area contributed by atoms with E-state index in [0.29, 0.717) is 17.8 Å². The molecule has 2 aliphatic rings. The van der Waals surface area contributed by atoms with Crippen molar-refractivity contribution < 1.29 is 4.92 Å². The number of nitro groups is 1. The molecule has 0 saturated carbocycles. The first kappa shape index (κ1) is 21.9. The molecule has 0 amide bonds. The second-order valence-electron chi connectivity index (χ2n) is 8.28. The van der Waals surface area contributed by atoms with Gasteiger partial charge in [-0.3, -0.25) is 10.1 Å². The van der Waals surface area contributed by atoms with Crippen molar-refractivity contribution in [2.24, 2.45) is 5.10 Å². The van der Waals surface area contributed by atoms with Crippen LogP contribution in [0.3, 0.4) is 0 Å². The summed E-state index contributed by atoms with van der Waals surface area (Å²) in [6.07, 6.45) is 11.1. The molecule has 32 heavy (non-hydrogen) atoms. The van der Waals surface area contributed by atoms with Gasteiger partial charge in [0.15, 0.2) is 0 Å². The Morgan fingerprint density at radius 1 is 0.812 bits per heavy atom. The molecule has 2 aromatic rings. The average molecular weight is 439 g/mol. The van der Waals surface area contributed by atoms with Gasteiger partial charge in [-0.05, 0) is 43.4 Å². The largest absolute Gasteiger partial charge is 0.341 e. The number of hydrazone groups is 1. The molecule has 1 aromatic heterocycles. The molecule has 0 unspecified atom stereocenters. The Morgan fingerprint density at radius 3 is 1.78 bits per heavy atom. The number of nitrogens with zero attached hydrogens (tertiary/aromatic N) is 7. The number of benzene rings is 1. The number of nitrogens with one attached hydrogen (secondary N) is 1. The topological polar surface area (TPSA) is 113 Å². The summed E-state index contributed by atoms with van der Waals surface area (Å²) >= 11 is 0. The Bertz CT molecular complexity index is 880. The van der Waals surface area contributed by atoms with E-state index in [1.165, 1.54) is 37.8 Å². The summed E-state index contributed by atoms with van der Waals surface area (Å²) in [5.41, 5.74) is 3.74. The fraction of sp³-hybridized carbons (Fsp3) is 0.545. The van der Waals surface area contributed by atoms with Gasteiger partial charge in [0.2, 0.25) is 17.8 Å². The number of aromatic nitrogens is 3. The van der Waals surface area contributed by atoms with Gasteiger partial charge >= 0.3 is 0 Å². The predicted molar refractivity (Wildman–Crippen MR) is 126 cm³/mol. The van der Waals surface area contributed by atoms with E-state index in [4.69, 9.17) is 4.98 Å². The van der Waals surface area contributed by atoms with Crippen molar-refractivity contribution in [3.8, 4) is 0 Å². The minimum absolute atomic E-state index is 0.0526. The van der Waals surface area contributed by atoms with Crippen LogP contribution in [-0.2, 0) is 0 Å². The van der Waals surface area contributed by atoms with Crippen molar-refractivity contribution in [2.75, 3.05) is 41.4 Å². The first-order chi connectivity index (χ1) is 15.7. The summed E-state index contributed by atoms with van der Waals surface area (Å²) < 4.78 is 0. The molecule has 2 aliphatic heterocycles. The monoisotopic (exact) mass is 438 g/mol. The van der Waals surface area contributed by atoms with Crippen LogP contribution in [0.15, 0.2) is 29.4 Å². The molecule has 170 valence electrons.